The van der Waals surface area contributed by atoms with E-state index >= 15 is 0 Å². The van der Waals surface area contributed by atoms with Gasteiger partial charge in [0.15, 0.2) is 0 Å². The molecule has 0 unspecified atom stereocenters. The van der Waals surface area contributed by atoms with Crippen LogP contribution in [-0.4, -0.2) is 24.7 Å². The van der Waals surface area contributed by atoms with Crippen LogP contribution in [0.25, 0.3) is 0 Å². The number of nitrogens with one attached hydrogen (secondary N) is 2. The lowest BCUT2D eigenvalue weighted by Gasteiger charge is -2.12. The van der Waals surface area contributed by atoms with Crippen LogP contribution >= 0.6 is 0 Å². The van der Waals surface area contributed by atoms with Gasteiger partial charge in [0.05, 0.1) is 24.8 Å². The molecule has 6 nitrogen and oxygen atoms in total. The van der Waals surface area contributed by atoms with Gasteiger partial charge < -0.3 is 14.6 Å². The summed E-state index contributed by atoms with van der Waals surface area (Å²) >= 11 is 0. The molecule has 2 aromatic rings. The summed E-state index contributed by atoms with van der Waals surface area (Å²) in [7, 11) is 1.48. The maximum atomic E-state index is 13.3. The Morgan fingerprint density at radius 2 is 2.41 bits per heavy atom. The minimum absolute atomic E-state index is 0.0101. The third-order valence-electron chi connectivity index (χ3n) is 3.56. The van der Waals surface area contributed by atoms with Crippen molar-refractivity contribution in [2.24, 2.45) is 0 Å². The summed E-state index contributed by atoms with van der Waals surface area (Å²) in [5.74, 6) is 0.0960. The van der Waals surface area contributed by atoms with E-state index in [4.69, 9.17) is 9.26 Å². The third kappa shape index (κ3) is 2.94. The Hall–Kier alpha value is -2.41. The predicted octanol–water partition coefficient (Wildman–Crippen LogP) is 1.65. The standard InChI is InChI=1S/C15H16FN3O3/c1-21-13-3-2-10(16)6-9(13)7-14(20)18-15-11-8-17-5-4-12(11)19-22-15/h2-3,6,17H,4-5,7-8H2,1H3,(H,18,20). The number of amides is 1. The molecule has 2 N–H and O–H groups in total. The molecule has 1 aromatic heterocycles. The molecule has 0 saturated heterocycles. The topological polar surface area (TPSA) is 76.4 Å². The van der Waals surface area contributed by atoms with Crippen LogP contribution in [-0.2, 0) is 24.2 Å². The largest absolute Gasteiger partial charge is 0.496 e. The first kappa shape index (κ1) is 14.5. The Kier molecular flexibility index (Phi) is 4.06. The van der Waals surface area contributed by atoms with E-state index in [0.29, 0.717) is 23.7 Å². The van der Waals surface area contributed by atoms with Crippen molar-refractivity contribution in [3.63, 3.8) is 0 Å². The normalized spacial score (nSPS) is 13.5. The van der Waals surface area contributed by atoms with Crippen molar-refractivity contribution < 1.29 is 18.4 Å². The summed E-state index contributed by atoms with van der Waals surface area (Å²) in [6.45, 7) is 1.45. The minimum atomic E-state index is -0.412. The van der Waals surface area contributed by atoms with Crippen molar-refractivity contribution in [2.45, 2.75) is 19.4 Å². The lowest BCUT2D eigenvalue weighted by molar-refractivity contribution is -0.115. The lowest BCUT2D eigenvalue weighted by Crippen LogP contribution is -2.24. The third-order valence-corrected chi connectivity index (χ3v) is 3.56. The molecule has 0 radical (unpaired) electrons. The zero-order chi connectivity index (χ0) is 15.5. The number of aromatic nitrogens is 1. The predicted molar refractivity (Wildman–Crippen MR) is 77.2 cm³/mol. The van der Waals surface area contributed by atoms with E-state index < -0.39 is 5.82 Å². The molecule has 3 rings (SSSR count). The van der Waals surface area contributed by atoms with Crippen molar-refractivity contribution in [3.8, 4) is 5.75 Å². The first-order valence-electron chi connectivity index (χ1n) is 6.98. The summed E-state index contributed by atoms with van der Waals surface area (Å²) in [5, 5.41) is 9.83. The number of carbonyl (C=O) groups excluding carboxylic acids is 1. The van der Waals surface area contributed by atoms with Crippen LogP contribution in [0.15, 0.2) is 22.7 Å². The lowest BCUT2D eigenvalue weighted by atomic mass is 10.1. The zero-order valence-corrected chi connectivity index (χ0v) is 12.1. The van der Waals surface area contributed by atoms with Crippen molar-refractivity contribution in [1.82, 2.24) is 10.5 Å². The first-order chi connectivity index (χ1) is 10.7. The number of halogens is 1. The number of fused-ring (bicyclic) bond motifs is 1. The molecule has 0 aliphatic carbocycles. The maximum Gasteiger partial charge on any atom is 0.236 e. The van der Waals surface area contributed by atoms with Crippen LogP contribution in [0.2, 0.25) is 0 Å². The van der Waals surface area contributed by atoms with E-state index in [0.717, 1.165) is 24.2 Å². The number of methoxy groups -OCH3 is 1. The molecule has 0 atom stereocenters. The van der Waals surface area contributed by atoms with Crippen molar-refractivity contribution in [3.05, 3.63) is 40.8 Å². The molecule has 0 fully saturated rings. The fourth-order valence-corrected chi connectivity index (χ4v) is 2.47. The van der Waals surface area contributed by atoms with Crippen molar-refractivity contribution in [2.75, 3.05) is 19.0 Å². The average Bonchev–Trinajstić information content (AvgIpc) is 2.91. The smallest absolute Gasteiger partial charge is 0.236 e. The highest BCUT2D eigenvalue weighted by Crippen LogP contribution is 2.24. The van der Waals surface area contributed by atoms with E-state index in [-0.39, 0.29) is 12.3 Å². The molecule has 1 aromatic carbocycles. The minimum Gasteiger partial charge on any atom is -0.496 e. The van der Waals surface area contributed by atoms with Gasteiger partial charge in [0.1, 0.15) is 11.6 Å². The molecule has 7 heteroatoms. The summed E-state index contributed by atoms with van der Waals surface area (Å²) < 4.78 is 23.6. The highest BCUT2D eigenvalue weighted by Gasteiger charge is 2.21. The van der Waals surface area contributed by atoms with E-state index in [1.54, 1.807) is 0 Å². The number of nitrogens with zero attached hydrogens (tertiary/aromatic N) is 1. The summed E-state index contributed by atoms with van der Waals surface area (Å²) in [6.07, 6.45) is 0.760. The number of carbonyl (C=O) groups is 1. The molecular weight excluding hydrogens is 289 g/mol. The van der Waals surface area contributed by atoms with Gasteiger partial charge in [-0.25, -0.2) is 4.39 Å². The molecule has 0 saturated carbocycles. The number of hydrogen-bond donors (Lipinski definition) is 2. The first-order valence-corrected chi connectivity index (χ1v) is 6.98. The molecule has 1 amide bonds. The van der Waals surface area contributed by atoms with Crippen LogP contribution in [0.1, 0.15) is 16.8 Å². The Balaban J connectivity index is 1.73. The van der Waals surface area contributed by atoms with Gasteiger partial charge in [-0.2, -0.15) is 0 Å². The van der Waals surface area contributed by atoms with Gasteiger partial charge in [0.2, 0.25) is 11.8 Å². The molecule has 22 heavy (non-hydrogen) atoms. The molecule has 1 aliphatic heterocycles. The highest BCUT2D eigenvalue weighted by molar-refractivity contribution is 5.92. The van der Waals surface area contributed by atoms with Gasteiger partial charge in [0.25, 0.3) is 0 Å². The van der Waals surface area contributed by atoms with Crippen LogP contribution in [0.3, 0.4) is 0 Å². The molecule has 116 valence electrons. The second-order valence-corrected chi connectivity index (χ2v) is 5.04. The van der Waals surface area contributed by atoms with Gasteiger partial charge in [-0.1, -0.05) is 5.16 Å². The Morgan fingerprint density at radius 3 is 3.23 bits per heavy atom. The molecular formula is C15H16FN3O3. The fraction of sp³-hybridized carbons (Fsp3) is 0.333. The second kappa shape index (κ2) is 6.15. The zero-order valence-electron chi connectivity index (χ0n) is 12.1. The highest BCUT2D eigenvalue weighted by atomic mass is 19.1. The SMILES string of the molecule is COc1ccc(F)cc1CC(=O)Nc1onc2c1CNCC2. The molecule has 0 spiro atoms. The Morgan fingerprint density at radius 1 is 1.55 bits per heavy atom. The van der Waals surface area contributed by atoms with Crippen LogP contribution < -0.4 is 15.4 Å². The Labute approximate surface area is 126 Å². The Bertz CT molecular complexity index is 699. The number of benzene rings is 1. The van der Waals surface area contributed by atoms with Crippen LogP contribution in [0.4, 0.5) is 10.3 Å². The molecule has 1 aliphatic rings. The van der Waals surface area contributed by atoms with E-state index in [9.17, 15) is 9.18 Å². The monoisotopic (exact) mass is 305 g/mol. The second-order valence-electron chi connectivity index (χ2n) is 5.04. The number of rotatable bonds is 4. The summed E-state index contributed by atoms with van der Waals surface area (Å²) in [6, 6.07) is 4.08. The van der Waals surface area contributed by atoms with Crippen LogP contribution in [0, 0.1) is 5.82 Å². The summed E-state index contributed by atoms with van der Waals surface area (Å²) in [4.78, 5) is 12.1. The van der Waals surface area contributed by atoms with E-state index in [1.807, 2.05) is 0 Å². The van der Waals surface area contributed by atoms with Crippen LogP contribution in [0.5, 0.6) is 5.75 Å². The maximum absolute atomic E-state index is 13.3. The number of hydrogen-bond acceptors (Lipinski definition) is 5. The van der Waals surface area contributed by atoms with Gasteiger partial charge in [0, 0.05) is 25.1 Å². The van der Waals surface area contributed by atoms with Gasteiger partial charge >= 0.3 is 0 Å². The number of anilines is 1. The van der Waals surface area contributed by atoms with Gasteiger partial charge in [-0.15, -0.1) is 0 Å². The number of ether oxygens (including phenoxy) is 1. The quantitative estimate of drug-likeness (QED) is 0.898. The van der Waals surface area contributed by atoms with E-state index in [2.05, 4.69) is 15.8 Å². The average molecular weight is 305 g/mol. The fourth-order valence-electron chi connectivity index (χ4n) is 2.47. The van der Waals surface area contributed by atoms with Crippen molar-refractivity contribution in [1.29, 1.82) is 0 Å². The van der Waals surface area contributed by atoms with Crippen molar-refractivity contribution >= 4 is 11.8 Å². The molecule has 0 bridgehead atoms. The van der Waals surface area contributed by atoms with Gasteiger partial charge in [-0.05, 0) is 18.2 Å². The van der Waals surface area contributed by atoms with Gasteiger partial charge in [-0.3, -0.25) is 10.1 Å². The summed E-state index contributed by atoms with van der Waals surface area (Å²) in [5.41, 5.74) is 2.20. The van der Waals surface area contributed by atoms with E-state index in [1.165, 1.54) is 25.3 Å². The molecule has 2 heterocycles.